The third-order valence-electron chi connectivity index (χ3n) is 1.36. The van der Waals surface area contributed by atoms with Crippen LogP contribution in [-0.4, -0.2) is 13.3 Å². The van der Waals surface area contributed by atoms with Crippen LogP contribution in [0, 0.1) is 11.6 Å². The van der Waals surface area contributed by atoms with Crippen molar-refractivity contribution in [3.63, 3.8) is 0 Å². The Bertz CT molecular complexity index is 341. The van der Waals surface area contributed by atoms with Gasteiger partial charge in [0.2, 0.25) is 0 Å². The molecule has 0 saturated carbocycles. The molecular weight excluding hydrogens is 244 g/mol. The van der Waals surface area contributed by atoms with Gasteiger partial charge in [-0.25, -0.2) is 8.78 Å². The minimum atomic E-state index is -0.949. The normalized spacial score (nSPS) is 10.8. The monoisotopic (exact) mass is 249 g/mol. The summed E-state index contributed by atoms with van der Waals surface area (Å²) >= 11 is 2.86. The third-order valence-corrected chi connectivity index (χ3v) is 1.97. The van der Waals surface area contributed by atoms with E-state index in [9.17, 15) is 8.78 Å². The predicted octanol–water partition coefficient (Wildman–Crippen LogP) is 2.71. The molecule has 13 heavy (non-hydrogen) atoms. The van der Waals surface area contributed by atoms with Gasteiger partial charge < -0.3 is 4.84 Å². The molecule has 0 saturated heterocycles. The Hall–Kier alpha value is -0.970. The number of hydrogen-bond acceptors (Lipinski definition) is 2. The molecule has 0 heterocycles. The van der Waals surface area contributed by atoms with Gasteiger partial charge in [-0.05, 0) is 28.1 Å². The van der Waals surface area contributed by atoms with E-state index in [-0.39, 0.29) is 10.0 Å². The van der Waals surface area contributed by atoms with Gasteiger partial charge in [0.1, 0.15) is 7.11 Å². The Balaban J connectivity index is 3.11. The number of oxime groups is 1. The van der Waals surface area contributed by atoms with E-state index in [1.165, 1.54) is 19.2 Å². The summed E-state index contributed by atoms with van der Waals surface area (Å²) in [4.78, 5) is 4.34. The van der Waals surface area contributed by atoms with Crippen molar-refractivity contribution in [2.75, 3.05) is 7.11 Å². The summed E-state index contributed by atoms with van der Waals surface area (Å²) < 4.78 is 26.0. The van der Waals surface area contributed by atoms with E-state index in [1.807, 2.05) is 0 Å². The maximum absolute atomic E-state index is 13.0. The lowest BCUT2D eigenvalue weighted by Gasteiger charge is -1.99. The molecule has 70 valence electrons. The molecule has 1 aromatic carbocycles. The zero-order chi connectivity index (χ0) is 9.84. The fourth-order valence-electron chi connectivity index (χ4n) is 0.750. The predicted molar refractivity (Wildman–Crippen MR) is 48.7 cm³/mol. The number of nitrogens with zero attached hydrogens (tertiary/aromatic N) is 1. The summed E-state index contributed by atoms with van der Waals surface area (Å²) in [6.45, 7) is 0. The van der Waals surface area contributed by atoms with Gasteiger partial charge in [0.05, 0.1) is 10.7 Å². The van der Waals surface area contributed by atoms with Crippen molar-refractivity contribution in [1.82, 2.24) is 0 Å². The molecule has 0 amide bonds. The fourth-order valence-corrected chi connectivity index (χ4v) is 1.06. The summed E-state index contributed by atoms with van der Waals surface area (Å²) in [5.41, 5.74) is 0.0440. The summed E-state index contributed by atoms with van der Waals surface area (Å²) in [5, 5.41) is 3.33. The molecule has 1 aromatic rings. The topological polar surface area (TPSA) is 21.6 Å². The first-order valence-corrected chi connectivity index (χ1v) is 4.16. The van der Waals surface area contributed by atoms with Crippen LogP contribution in [0.2, 0.25) is 0 Å². The van der Waals surface area contributed by atoms with E-state index in [0.29, 0.717) is 0 Å². The van der Waals surface area contributed by atoms with Crippen LogP contribution >= 0.6 is 15.9 Å². The van der Waals surface area contributed by atoms with Crippen LogP contribution in [0.1, 0.15) is 5.56 Å². The van der Waals surface area contributed by atoms with Crippen LogP contribution in [-0.2, 0) is 4.84 Å². The molecule has 0 bridgehead atoms. The molecule has 1 rings (SSSR count). The van der Waals surface area contributed by atoms with Gasteiger partial charge in [0, 0.05) is 5.56 Å². The van der Waals surface area contributed by atoms with Crippen molar-refractivity contribution in [2.24, 2.45) is 5.16 Å². The summed E-state index contributed by atoms with van der Waals surface area (Å²) in [5.74, 6) is -1.88. The molecule has 0 radical (unpaired) electrons. The van der Waals surface area contributed by atoms with Crippen molar-refractivity contribution >= 4 is 22.1 Å². The highest BCUT2D eigenvalue weighted by Gasteiger charge is 2.09. The van der Waals surface area contributed by atoms with Crippen molar-refractivity contribution in [3.8, 4) is 0 Å². The van der Waals surface area contributed by atoms with Crippen LogP contribution in [0.4, 0.5) is 8.78 Å². The smallest absolute Gasteiger partial charge is 0.173 e. The quantitative estimate of drug-likeness (QED) is 0.449. The molecule has 0 unspecified atom stereocenters. The molecule has 0 aliphatic rings. The van der Waals surface area contributed by atoms with Crippen LogP contribution in [0.25, 0.3) is 0 Å². The van der Waals surface area contributed by atoms with Gasteiger partial charge >= 0.3 is 0 Å². The van der Waals surface area contributed by atoms with Crippen molar-refractivity contribution < 1.29 is 13.6 Å². The van der Waals surface area contributed by atoms with Crippen LogP contribution in [0.3, 0.4) is 0 Å². The van der Waals surface area contributed by atoms with E-state index in [2.05, 4.69) is 25.9 Å². The minimum Gasteiger partial charge on any atom is -0.399 e. The second-order valence-corrected chi connectivity index (χ2v) is 3.04. The molecule has 0 aliphatic heterocycles. The first-order valence-electron chi connectivity index (χ1n) is 3.37. The summed E-state index contributed by atoms with van der Waals surface area (Å²) in [6, 6.07) is 2.79. The minimum absolute atomic E-state index is 0.0440. The molecule has 0 atom stereocenters. The van der Waals surface area contributed by atoms with E-state index in [0.717, 1.165) is 6.21 Å². The van der Waals surface area contributed by atoms with Gasteiger partial charge in [0.15, 0.2) is 11.6 Å². The lowest BCUT2D eigenvalue weighted by molar-refractivity contribution is 0.215. The Morgan fingerprint density at radius 1 is 1.38 bits per heavy atom. The second-order valence-electron chi connectivity index (χ2n) is 2.18. The van der Waals surface area contributed by atoms with Gasteiger partial charge in [-0.1, -0.05) is 5.16 Å². The van der Waals surface area contributed by atoms with Gasteiger partial charge in [-0.2, -0.15) is 0 Å². The average molecular weight is 250 g/mol. The van der Waals surface area contributed by atoms with Gasteiger partial charge in [-0.3, -0.25) is 0 Å². The van der Waals surface area contributed by atoms with Crippen molar-refractivity contribution in [2.45, 2.75) is 0 Å². The van der Waals surface area contributed by atoms with Crippen LogP contribution in [0.15, 0.2) is 21.8 Å². The molecule has 2 nitrogen and oxygen atoms in total. The van der Waals surface area contributed by atoms with E-state index in [4.69, 9.17) is 0 Å². The summed E-state index contributed by atoms with van der Waals surface area (Å²) in [6.07, 6.45) is 1.10. The standard InChI is InChI=1S/C8H6BrF2NO/c1-13-12-4-5-2-3-6(9)8(11)7(5)10/h2-4H,1H3/b12-4-. The van der Waals surface area contributed by atoms with E-state index < -0.39 is 11.6 Å². The van der Waals surface area contributed by atoms with Crippen LogP contribution < -0.4 is 0 Å². The lowest BCUT2D eigenvalue weighted by Crippen LogP contribution is -1.94. The zero-order valence-electron chi connectivity index (χ0n) is 6.72. The zero-order valence-corrected chi connectivity index (χ0v) is 8.31. The molecule has 0 spiro atoms. The van der Waals surface area contributed by atoms with E-state index in [1.54, 1.807) is 0 Å². The molecule has 0 N–H and O–H groups in total. The molecular formula is C8H6BrF2NO. The van der Waals surface area contributed by atoms with Crippen LogP contribution in [0.5, 0.6) is 0 Å². The maximum Gasteiger partial charge on any atom is 0.173 e. The molecule has 5 heteroatoms. The first kappa shape index (κ1) is 10.1. The Labute approximate surface area is 82.3 Å². The van der Waals surface area contributed by atoms with Gasteiger partial charge in [0.25, 0.3) is 0 Å². The van der Waals surface area contributed by atoms with E-state index >= 15 is 0 Å². The second kappa shape index (κ2) is 4.32. The third kappa shape index (κ3) is 2.24. The highest BCUT2D eigenvalue weighted by atomic mass is 79.9. The van der Waals surface area contributed by atoms with Crippen molar-refractivity contribution in [3.05, 3.63) is 33.8 Å². The number of halogens is 3. The van der Waals surface area contributed by atoms with Crippen molar-refractivity contribution in [1.29, 1.82) is 0 Å². The highest BCUT2D eigenvalue weighted by molar-refractivity contribution is 9.10. The SMILES string of the molecule is CO/N=C\c1ccc(Br)c(F)c1F. The Morgan fingerprint density at radius 3 is 2.69 bits per heavy atom. The Morgan fingerprint density at radius 2 is 2.08 bits per heavy atom. The fraction of sp³-hybridized carbons (Fsp3) is 0.125. The van der Waals surface area contributed by atoms with Gasteiger partial charge in [-0.15, -0.1) is 0 Å². The molecule has 0 aliphatic carbocycles. The molecule has 0 fully saturated rings. The molecule has 0 aromatic heterocycles. The number of rotatable bonds is 2. The largest absolute Gasteiger partial charge is 0.399 e. The lowest BCUT2D eigenvalue weighted by atomic mass is 10.2. The first-order chi connectivity index (χ1) is 6.16. The summed E-state index contributed by atoms with van der Waals surface area (Å²) in [7, 11) is 1.32. The Kier molecular flexibility index (Phi) is 3.36. The average Bonchev–Trinajstić information content (AvgIpc) is 2.13. The maximum atomic E-state index is 13.0. The highest BCUT2D eigenvalue weighted by Crippen LogP contribution is 2.19. The number of benzene rings is 1. The number of hydrogen-bond donors (Lipinski definition) is 0.